The number of carbonyl (C=O) groups is 1. The Bertz CT molecular complexity index is 1210. The van der Waals surface area contributed by atoms with Gasteiger partial charge < -0.3 is 4.74 Å². The number of thiazole rings is 1. The van der Waals surface area contributed by atoms with Crippen LogP contribution in [0.4, 0.5) is 5.13 Å². The van der Waals surface area contributed by atoms with Crippen LogP contribution in [0.2, 0.25) is 0 Å². The highest BCUT2D eigenvalue weighted by molar-refractivity contribution is 7.99. The van der Waals surface area contributed by atoms with Crippen LogP contribution in [0.15, 0.2) is 65.7 Å². The fraction of sp³-hybridized carbons (Fsp3) is 0.208. The maximum Gasteiger partial charge on any atom is 0.260 e. The van der Waals surface area contributed by atoms with Gasteiger partial charge in [0.2, 0.25) is 0 Å². The topological polar surface area (TPSA) is 55.3 Å². The lowest BCUT2D eigenvalue weighted by molar-refractivity contribution is 0.0984. The molecule has 0 fully saturated rings. The first-order valence-corrected chi connectivity index (χ1v) is 11.8. The molecular weight excluding hydrogens is 426 g/mol. The third kappa shape index (κ3) is 4.57. The van der Waals surface area contributed by atoms with E-state index in [1.165, 1.54) is 11.3 Å². The zero-order valence-electron chi connectivity index (χ0n) is 17.7. The SMILES string of the molecule is CCSc1cccc(C(=O)N(Cc2ccccn2)c2nc3c(OC)ccc(C)c3s2)c1. The molecule has 0 aliphatic rings. The highest BCUT2D eigenvalue weighted by Gasteiger charge is 2.24. The molecule has 0 saturated heterocycles. The molecule has 0 spiro atoms. The molecule has 0 bridgehead atoms. The van der Waals surface area contributed by atoms with E-state index in [0.29, 0.717) is 23.0 Å². The number of amides is 1. The summed E-state index contributed by atoms with van der Waals surface area (Å²) in [5.74, 6) is 1.56. The van der Waals surface area contributed by atoms with Crippen LogP contribution in [0.1, 0.15) is 28.5 Å². The van der Waals surface area contributed by atoms with E-state index in [-0.39, 0.29) is 5.91 Å². The van der Waals surface area contributed by atoms with Gasteiger partial charge in [0.1, 0.15) is 11.3 Å². The van der Waals surface area contributed by atoms with Crippen molar-refractivity contribution in [3.05, 3.63) is 77.6 Å². The lowest BCUT2D eigenvalue weighted by atomic mass is 10.2. The minimum Gasteiger partial charge on any atom is -0.494 e. The molecule has 5 nitrogen and oxygen atoms in total. The molecule has 0 N–H and O–H groups in total. The zero-order chi connectivity index (χ0) is 21.8. The summed E-state index contributed by atoms with van der Waals surface area (Å²) in [4.78, 5) is 25.7. The minimum absolute atomic E-state index is 0.0973. The quantitative estimate of drug-likeness (QED) is 0.326. The van der Waals surface area contributed by atoms with Crippen molar-refractivity contribution in [2.75, 3.05) is 17.8 Å². The van der Waals surface area contributed by atoms with Gasteiger partial charge in [0.25, 0.3) is 5.91 Å². The number of rotatable bonds is 7. The van der Waals surface area contributed by atoms with E-state index in [2.05, 4.69) is 11.9 Å². The molecule has 2 heterocycles. The number of hydrogen-bond acceptors (Lipinski definition) is 6. The minimum atomic E-state index is -0.0973. The van der Waals surface area contributed by atoms with Crippen LogP contribution in [-0.2, 0) is 6.54 Å². The zero-order valence-corrected chi connectivity index (χ0v) is 19.3. The van der Waals surface area contributed by atoms with Gasteiger partial charge in [0, 0.05) is 16.7 Å². The van der Waals surface area contributed by atoms with Crippen LogP contribution in [0.25, 0.3) is 10.2 Å². The molecule has 0 aliphatic heterocycles. The van der Waals surface area contributed by atoms with Crippen LogP contribution in [-0.4, -0.2) is 28.7 Å². The van der Waals surface area contributed by atoms with Crippen molar-refractivity contribution in [3.8, 4) is 5.75 Å². The summed E-state index contributed by atoms with van der Waals surface area (Å²) < 4.78 is 6.52. The number of methoxy groups -OCH3 is 1. The van der Waals surface area contributed by atoms with Crippen LogP contribution in [0.3, 0.4) is 0 Å². The summed E-state index contributed by atoms with van der Waals surface area (Å²) in [5.41, 5.74) is 3.32. The number of benzene rings is 2. The second kappa shape index (κ2) is 9.49. The number of anilines is 1. The van der Waals surface area contributed by atoms with E-state index >= 15 is 0 Å². The van der Waals surface area contributed by atoms with Gasteiger partial charge in [-0.05, 0) is 54.6 Å². The summed E-state index contributed by atoms with van der Waals surface area (Å²) in [7, 11) is 1.64. The summed E-state index contributed by atoms with van der Waals surface area (Å²) in [5, 5.41) is 0.631. The van der Waals surface area contributed by atoms with Gasteiger partial charge in [-0.2, -0.15) is 0 Å². The van der Waals surface area contributed by atoms with Crippen LogP contribution in [0.5, 0.6) is 5.75 Å². The van der Waals surface area contributed by atoms with Crippen molar-refractivity contribution < 1.29 is 9.53 Å². The smallest absolute Gasteiger partial charge is 0.260 e. The Morgan fingerprint density at radius 3 is 2.77 bits per heavy atom. The molecule has 7 heteroatoms. The van der Waals surface area contributed by atoms with Gasteiger partial charge in [0.05, 0.1) is 24.0 Å². The second-order valence-electron chi connectivity index (χ2n) is 6.93. The molecule has 0 radical (unpaired) electrons. The molecule has 2 aromatic carbocycles. The summed E-state index contributed by atoms with van der Waals surface area (Å²) in [6.45, 7) is 4.48. The molecule has 4 aromatic rings. The molecule has 2 aromatic heterocycles. The highest BCUT2D eigenvalue weighted by Crippen LogP contribution is 2.37. The molecule has 0 atom stereocenters. The number of fused-ring (bicyclic) bond motifs is 1. The monoisotopic (exact) mass is 449 g/mol. The number of thioether (sulfide) groups is 1. The second-order valence-corrected chi connectivity index (χ2v) is 9.25. The third-order valence-corrected chi connectivity index (χ3v) is 6.92. The van der Waals surface area contributed by atoms with Crippen molar-refractivity contribution >= 4 is 44.4 Å². The fourth-order valence-electron chi connectivity index (χ4n) is 3.30. The molecule has 0 aliphatic carbocycles. The van der Waals surface area contributed by atoms with Crippen LogP contribution >= 0.6 is 23.1 Å². The normalized spacial score (nSPS) is 10.9. The number of hydrogen-bond donors (Lipinski definition) is 0. The van der Waals surface area contributed by atoms with Crippen molar-refractivity contribution in [3.63, 3.8) is 0 Å². The van der Waals surface area contributed by atoms with E-state index in [0.717, 1.165) is 32.1 Å². The van der Waals surface area contributed by atoms with E-state index in [1.54, 1.807) is 30.0 Å². The molecule has 0 unspecified atom stereocenters. The number of ether oxygens (including phenoxy) is 1. The average Bonchev–Trinajstić information content (AvgIpc) is 3.25. The molecule has 1 amide bonds. The largest absolute Gasteiger partial charge is 0.494 e. The molecule has 4 rings (SSSR count). The fourth-order valence-corrected chi connectivity index (χ4v) is 5.07. The van der Waals surface area contributed by atoms with E-state index in [1.807, 2.05) is 61.5 Å². The predicted molar refractivity (Wildman–Crippen MR) is 128 cm³/mol. The standard InChI is InChI=1S/C24H23N3O2S2/c1-4-30-19-10-7-8-17(14-19)23(28)27(15-18-9-5-6-13-25-18)24-26-21-20(29-3)12-11-16(2)22(21)31-24/h5-14H,4,15H2,1-3H3. The number of aryl methyl sites for hydroxylation is 1. The van der Waals surface area contributed by atoms with Gasteiger partial charge in [-0.25, -0.2) is 4.98 Å². The predicted octanol–water partition coefficient (Wildman–Crippen LogP) is 5.97. The Kier molecular flexibility index (Phi) is 6.53. The highest BCUT2D eigenvalue weighted by atomic mass is 32.2. The summed E-state index contributed by atoms with van der Waals surface area (Å²) in [6.07, 6.45) is 1.74. The Hall–Kier alpha value is -2.90. The van der Waals surface area contributed by atoms with Crippen molar-refractivity contribution in [1.82, 2.24) is 9.97 Å². The van der Waals surface area contributed by atoms with E-state index in [4.69, 9.17) is 9.72 Å². The van der Waals surface area contributed by atoms with Gasteiger partial charge in [-0.1, -0.05) is 36.5 Å². The molecule has 158 valence electrons. The van der Waals surface area contributed by atoms with E-state index < -0.39 is 0 Å². The Balaban J connectivity index is 1.80. The third-order valence-electron chi connectivity index (χ3n) is 4.83. The number of aromatic nitrogens is 2. The summed E-state index contributed by atoms with van der Waals surface area (Å²) >= 11 is 3.22. The maximum atomic E-state index is 13.6. The van der Waals surface area contributed by atoms with Gasteiger partial charge in [-0.15, -0.1) is 11.8 Å². The Labute approximate surface area is 190 Å². The average molecular weight is 450 g/mol. The van der Waals surface area contributed by atoms with Crippen LogP contribution in [0, 0.1) is 6.92 Å². The number of nitrogens with zero attached hydrogens (tertiary/aromatic N) is 3. The van der Waals surface area contributed by atoms with Crippen LogP contribution < -0.4 is 9.64 Å². The molecular formula is C24H23N3O2S2. The Morgan fingerprint density at radius 1 is 1.16 bits per heavy atom. The Morgan fingerprint density at radius 2 is 2.03 bits per heavy atom. The summed E-state index contributed by atoms with van der Waals surface area (Å²) in [6, 6.07) is 17.4. The maximum absolute atomic E-state index is 13.6. The van der Waals surface area contributed by atoms with Crippen molar-refractivity contribution in [1.29, 1.82) is 0 Å². The molecule has 31 heavy (non-hydrogen) atoms. The lowest BCUT2D eigenvalue weighted by Crippen LogP contribution is -2.30. The number of carbonyl (C=O) groups excluding carboxylic acids is 1. The van der Waals surface area contributed by atoms with Gasteiger partial charge in [0.15, 0.2) is 5.13 Å². The molecule has 0 saturated carbocycles. The first-order chi connectivity index (χ1) is 15.1. The first kappa shape index (κ1) is 21.3. The van der Waals surface area contributed by atoms with Gasteiger partial charge in [-0.3, -0.25) is 14.7 Å². The first-order valence-electron chi connectivity index (χ1n) is 9.99. The number of pyridine rings is 1. The van der Waals surface area contributed by atoms with E-state index in [9.17, 15) is 4.79 Å². The van der Waals surface area contributed by atoms with Crippen molar-refractivity contribution in [2.45, 2.75) is 25.3 Å². The lowest BCUT2D eigenvalue weighted by Gasteiger charge is -2.20. The van der Waals surface area contributed by atoms with Crippen molar-refractivity contribution in [2.24, 2.45) is 0 Å². The van der Waals surface area contributed by atoms with Gasteiger partial charge >= 0.3 is 0 Å².